The molecule has 0 aliphatic carbocycles. The summed E-state index contributed by atoms with van der Waals surface area (Å²) < 4.78 is 0. The number of thioether (sulfide) groups is 2. The lowest BCUT2D eigenvalue weighted by atomic mass is 10.0. The van der Waals surface area contributed by atoms with E-state index in [1.54, 1.807) is 0 Å². The molecule has 0 radical (unpaired) electrons. The van der Waals surface area contributed by atoms with Gasteiger partial charge in [-0.3, -0.25) is 0 Å². The zero-order chi connectivity index (χ0) is 15.8. The summed E-state index contributed by atoms with van der Waals surface area (Å²) >= 11 is 2.28. The maximum Gasteiger partial charge on any atom is 0.138 e. The summed E-state index contributed by atoms with van der Waals surface area (Å²) in [6.45, 7) is 12.3. The fourth-order valence-electron chi connectivity index (χ4n) is 2.13. The normalized spacial score (nSPS) is 17.7. The van der Waals surface area contributed by atoms with E-state index in [4.69, 9.17) is 10.5 Å². The predicted molar refractivity (Wildman–Crippen MR) is 87.0 cm³/mol. The fraction of sp³-hybridized carbons (Fsp3) is 0.857. The van der Waals surface area contributed by atoms with Gasteiger partial charge < -0.3 is 0 Å². The highest BCUT2D eigenvalue weighted by Crippen LogP contribution is 2.38. The number of nitrogens with zero attached hydrogens (tertiary/aromatic N) is 4. The Kier molecular flexibility index (Phi) is 8.23. The molecule has 0 fully saturated rings. The molecule has 0 saturated carbocycles. The molecule has 0 amide bonds. The van der Waals surface area contributed by atoms with E-state index in [9.17, 15) is 0 Å². The van der Waals surface area contributed by atoms with Crippen molar-refractivity contribution in [3.05, 3.63) is 0 Å². The molecule has 2 atom stereocenters. The standard InChI is InChI=1S/C14H24N4S2/c1-11(2)7-13(5,19-9-15)17-18-14(6,20-10-16)8-12(3)4/h11-12H,7-8H2,1-6H3/b18-17+. The molecule has 0 aliphatic rings. The molecule has 0 saturated heterocycles. The summed E-state index contributed by atoms with van der Waals surface area (Å²) in [5.41, 5.74) is 0. The van der Waals surface area contributed by atoms with Crippen LogP contribution in [0, 0.1) is 33.2 Å². The number of nitriles is 2. The van der Waals surface area contributed by atoms with Crippen molar-refractivity contribution >= 4 is 23.5 Å². The first kappa shape index (κ1) is 19.3. The van der Waals surface area contributed by atoms with Crippen molar-refractivity contribution in [3.8, 4) is 10.8 Å². The monoisotopic (exact) mass is 312 g/mol. The molecular formula is C14H24N4S2. The van der Waals surface area contributed by atoms with Crippen LogP contribution in [0.2, 0.25) is 0 Å². The minimum Gasteiger partial charge on any atom is -0.185 e. The number of thiocyanates is 2. The van der Waals surface area contributed by atoms with E-state index in [1.807, 2.05) is 13.8 Å². The molecule has 2 unspecified atom stereocenters. The maximum absolute atomic E-state index is 8.95. The third-order valence-corrected chi connectivity index (χ3v) is 4.14. The Morgan fingerprint density at radius 3 is 1.35 bits per heavy atom. The minimum atomic E-state index is -0.544. The van der Waals surface area contributed by atoms with Gasteiger partial charge in [0.15, 0.2) is 0 Å². The molecule has 0 aromatic heterocycles. The van der Waals surface area contributed by atoms with Crippen LogP contribution in [0.3, 0.4) is 0 Å². The summed E-state index contributed by atoms with van der Waals surface area (Å²) in [5, 5.41) is 31.0. The molecule has 0 aromatic carbocycles. The summed E-state index contributed by atoms with van der Waals surface area (Å²) in [4.78, 5) is -1.09. The zero-order valence-corrected chi connectivity index (χ0v) is 14.8. The first-order valence-electron chi connectivity index (χ1n) is 6.74. The highest BCUT2D eigenvalue weighted by atomic mass is 32.2. The number of hydrogen-bond acceptors (Lipinski definition) is 6. The van der Waals surface area contributed by atoms with E-state index in [0.717, 1.165) is 36.4 Å². The molecule has 20 heavy (non-hydrogen) atoms. The van der Waals surface area contributed by atoms with Gasteiger partial charge in [-0.25, -0.2) is 0 Å². The molecule has 0 rings (SSSR count). The van der Waals surface area contributed by atoms with Gasteiger partial charge in [0.25, 0.3) is 0 Å². The lowest BCUT2D eigenvalue weighted by Gasteiger charge is -2.26. The fourth-order valence-corrected chi connectivity index (χ4v) is 3.52. The van der Waals surface area contributed by atoms with Crippen LogP contribution in [0.5, 0.6) is 0 Å². The van der Waals surface area contributed by atoms with E-state index in [2.05, 4.69) is 48.7 Å². The smallest absolute Gasteiger partial charge is 0.138 e. The molecule has 0 N–H and O–H groups in total. The summed E-state index contributed by atoms with van der Waals surface area (Å²) in [7, 11) is 0. The van der Waals surface area contributed by atoms with Gasteiger partial charge in [-0.05, 0) is 62.0 Å². The highest BCUT2D eigenvalue weighted by Gasteiger charge is 2.31. The van der Waals surface area contributed by atoms with Crippen LogP contribution in [-0.2, 0) is 0 Å². The Morgan fingerprint density at radius 1 is 0.850 bits per heavy atom. The lowest BCUT2D eigenvalue weighted by molar-refractivity contribution is 0.430. The van der Waals surface area contributed by atoms with Gasteiger partial charge in [-0.2, -0.15) is 20.8 Å². The number of hydrogen-bond donors (Lipinski definition) is 0. The van der Waals surface area contributed by atoms with Crippen LogP contribution in [-0.4, -0.2) is 9.74 Å². The molecule has 0 heterocycles. The van der Waals surface area contributed by atoms with Gasteiger partial charge in [-0.1, -0.05) is 27.7 Å². The third kappa shape index (κ3) is 7.77. The molecular weight excluding hydrogens is 288 g/mol. The Morgan fingerprint density at radius 2 is 1.15 bits per heavy atom. The average molecular weight is 313 g/mol. The van der Waals surface area contributed by atoms with Crippen LogP contribution in [0.15, 0.2) is 10.2 Å². The van der Waals surface area contributed by atoms with E-state index in [0.29, 0.717) is 11.8 Å². The Hall–Kier alpha value is -0.720. The van der Waals surface area contributed by atoms with E-state index < -0.39 is 9.74 Å². The summed E-state index contributed by atoms with van der Waals surface area (Å²) in [5.74, 6) is 0.861. The second kappa shape index (κ2) is 8.54. The molecule has 6 heteroatoms. The molecule has 4 nitrogen and oxygen atoms in total. The Labute approximate surface area is 131 Å². The zero-order valence-electron chi connectivity index (χ0n) is 13.2. The van der Waals surface area contributed by atoms with Crippen molar-refractivity contribution in [2.75, 3.05) is 0 Å². The molecule has 112 valence electrons. The largest absolute Gasteiger partial charge is 0.185 e. The molecule has 0 aromatic rings. The predicted octanol–water partition coefficient (Wildman–Crippen LogP) is 5.39. The van der Waals surface area contributed by atoms with E-state index >= 15 is 0 Å². The number of azo groups is 1. The van der Waals surface area contributed by atoms with Crippen LogP contribution < -0.4 is 0 Å². The van der Waals surface area contributed by atoms with Crippen LogP contribution in [0.1, 0.15) is 54.4 Å². The van der Waals surface area contributed by atoms with Gasteiger partial charge in [0, 0.05) is 0 Å². The summed E-state index contributed by atoms with van der Waals surface area (Å²) in [6.07, 6.45) is 1.56. The van der Waals surface area contributed by atoms with E-state index in [1.165, 1.54) is 0 Å². The topological polar surface area (TPSA) is 72.3 Å². The van der Waals surface area contributed by atoms with Crippen molar-refractivity contribution < 1.29 is 0 Å². The second-order valence-corrected chi connectivity index (χ2v) is 8.67. The van der Waals surface area contributed by atoms with Crippen LogP contribution in [0.4, 0.5) is 0 Å². The van der Waals surface area contributed by atoms with Crippen LogP contribution >= 0.6 is 23.5 Å². The molecule has 0 spiro atoms. The third-order valence-electron chi connectivity index (χ3n) is 2.58. The Balaban J connectivity index is 5.15. The second-order valence-electron chi connectivity index (χ2n) is 6.13. The SMILES string of the molecule is CC(C)CC(C)(/N=N/C(C)(CC(C)C)SC#N)SC#N. The quantitative estimate of drug-likeness (QED) is 0.445. The molecule has 0 bridgehead atoms. The average Bonchev–Trinajstić information content (AvgIpc) is 2.25. The van der Waals surface area contributed by atoms with Crippen LogP contribution in [0.25, 0.3) is 0 Å². The van der Waals surface area contributed by atoms with Gasteiger partial charge in [0.2, 0.25) is 0 Å². The van der Waals surface area contributed by atoms with Gasteiger partial charge in [-0.15, -0.1) is 0 Å². The Bertz CT molecular complexity index is 370. The van der Waals surface area contributed by atoms with Crippen molar-refractivity contribution in [2.24, 2.45) is 22.1 Å². The first-order chi connectivity index (χ1) is 9.16. The van der Waals surface area contributed by atoms with Gasteiger partial charge in [0.05, 0.1) is 0 Å². The van der Waals surface area contributed by atoms with Crippen molar-refractivity contribution in [2.45, 2.75) is 64.1 Å². The molecule has 0 aliphatic heterocycles. The van der Waals surface area contributed by atoms with Gasteiger partial charge >= 0.3 is 0 Å². The minimum absolute atomic E-state index is 0.430. The van der Waals surface area contributed by atoms with Crippen molar-refractivity contribution in [3.63, 3.8) is 0 Å². The van der Waals surface area contributed by atoms with Crippen molar-refractivity contribution in [1.29, 1.82) is 10.5 Å². The number of rotatable bonds is 8. The highest BCUT2D eigenvalue weighted by molar-refractivity contribution is 8.05. The van der Waals surface area contributed by atoms with Crippen molar-refractivity contribution in [1.82, 2.24) is 0 Å². The lowest BCUT2D eigenvalue weighted by Crippen LogP contribution is -2.23. The van der Waals surface area contributed by atoms with E-state index in [-0.39, 0.29) is 0 Å². The first-order valence-corrected chi connectivity index (χ1v) is 8.38. The maximum atomic E-state index is 8.95. The van der Waals surface area contributed by atoms with Gasteiger partial charge in [0.1, 0.15) is 20.5 Å². The summed E-state index contributed by atoms with van der Waals surface area (Å²) in [6, 6.07) is 0.